The zero-order valence-electron chi connectivity index (χ0n) is 19.4. The Kier molecular flexibility index (Phi) is 5.96. The van der Waals surface area contributed by atoms with Crippen LogP contribution in [0.15, 0.2) is 41.5 Å². The fourth-order valence-electron chi connectivity index (χ4n) is 5.83. The summed E-state index contributed by atoms with van der Waals surface area (Å²) in [5.41, 5.74) is 3.74. The highest BCUT2D eigenvalue weighted by Crippen LogP contribution is 2.52. The topological polar surface area (TPSA) is 89.6 Å². The van der Waals surface area contributed by atoms with E-state index in [0.29, 0.717) is 19.5 Å². The van der Waals surface area contributed by atoms with E-state index in [1.807, 2.05) is 6.92 Å². The first-order valence-corrected chi connectivity index (χ1v) is 12.2. The summed E-state index contributed by atoms with van der Waals surface area (Å²) in [6, 6.07) is 6.37. The number of aliphatic imine (C=N–C) groups is 1. The molecule has 1 aliphatic heterocycles. The molecule has 0 radical (unpaired) electrons. The van der Waals surface area contributed by atoms with Gasteiger partial charge in [0.1, 0.15) is 0 Å². The van der Waals surface area contributed by atoms with E-state index >= 15 is 0 Å². The lowest BCUT2D eigenvalue weighted by atomic mass is 9.85. The lowest BCUT2D eigenvalue weighted by Crippen LogP contribution is -2.38. The average Bonchev–Trinajstić information content (AvgIpc) is 3.57. The normalized spacial score (nSPS) is 26.0. The van der Waals surface area contributed by atoms with Gasteiger partial charge in [-0.25, -0.2) is 0 Å². The number of aromatic amines is 1. The predicted octanol–water partition coefficient (Wildman–Crippen LogP) is 2.77. The molecule has 4 unspecified atom stereocenters. The van der Waals surface area contributed by atoms with Gasteiger partial charge in [-0.15, -0.1) is 0 Å². The quantitative estimate of drug-likeness (QED) is 0.191. The van der Waals surface area contributed by atoms with Crippen LogP contribution in [0.25, 0.3) is 10.9 Å². The third kappa shape index (κ3) is 3.94. The highest BCUT2D eigenvalue weighted by atomic mass is 16.2. The van der Waals surface area contributed by atoms with Gasteiger partial charge >= 0.3 is 0 Å². The zero-order valence-corrected chi connectivity index (χ0v) is 19.4. The minimum Gasteiger partial charge on any atom is -0.361 e. The van der Waals surface area contributed by atoms with Crippen molar-refractivity contribution in [2.45, 2.75) is 33.1 Å². The molecule has 3 aliphatic rings. The van der Waals surface area contributed by atoms with Crippen LogP contribution in [0.3, 0.4) is 0 Å². The van der Waals surface area contributed by atoms with Crippen molar-refractivity contribution < 1.29 is 9.59 Å². The minimum atomic E-state index is -0.108. The SMILES string of the molecule is CCNC(=NCCCN1C(=O)C2C3C=CC(C3)C2C1=O)NCCc1c[nH]c2c(C)cccc12. The van der Waals surface area contributed by atoms with Gasteiger partial charge in [-0.2, -0.15) is 0 Å². The molecule has 2 heterocycles. The molecule has 2 aliphatic carbocycles. The van der Waals surface area contributed by atoms with E-state index < -0.39 is 0 Å². The number of nitrogens with one attached hydrogen (secondary N) is 3. The third-order valence-electron chi connectivity index (χ3n) is 7.41. The third-order valence-corrected chi connectivity index (χ3v) is 7.41. The molecule has 2 bridgehead atoms. The largest absolute Gasteiger partial charge is 0.361 e. The van der Waals surface area contributed by atoms with E-state index in [1.54, 1.807) is 0 Å². The molecule has 2 aromatic rings. The number of aryl methyl sites for hydroxylation is 1. The number of H-pyrrole nitrogens is 1. The molecule has 5 rings (SSSR count). The maximum absolute atomic E-state index is 12.8. The van der Waals surface area contributed by atoms with Crippen LogP contribution in [0.1, 0.15) is 30.9 Å². The standard InChI is InChI=1S/C26H33N5O2/c1-3-27-26(29-12-10-19-15-30-23-16(2)6-4-7-20(19)23)28-11-5-13-31-24(32)21-17-8-9-18(14-17)22(21)25(31)33/h4,6-9,15,17-18,21-22,30H,3,5,10-14H2,1-2H3,(H2,27,28,29). The highest BCUT2D eigenvalue weighted by Gasteiger charge is 2.58. The lowest BCUT2D eigenvalue weighted by molar-refractivity contribution is -0.140. The molecular weight excluding hydrogens is 414 g/mol. The summed E-state index contributed by atoms with van der Waals surface area (Å²) in [5.74, 6) is 1.16. The first kappa shape index (κ1) is 21.7. The van der Waals surface area contributed by atoms with Crippen molar-refractivity contribution in [2.75, 3.05) is 26.2 Å². The second-order valence-corrected chi connectivity index (χ2v) is 9.43. The zero-order chi connectivity index (χ0) is 22.9. The molecule has 2 amide bonds. The van der Waals surface area contributed by atoms with Crippen molar-refractivity contribution in [3.63, 3.8) is 0 Å². The Balaban J connectivity index is 1.12. The van der Waals surface area contributed by atoms with Crippen molar-refractivity contribution in [3.8, 4) is 0 Å². The van der Waals surface area contributed by atoms with E-state index in [2.05, 4.69) is 64.1 Å². The molecular formula is C26H33N5O2. The van der Waals surface area contributed by atoms with E-state index in [9.17, 15) is 9.59 Å². The van der Waals surface area contributed by atoms with E-state index in [1.165, 1.54) is 26.9 Å². The van der Waals surface area contributed by atoms with Crippen LogP contribution in [0.2, 0.25) is 0 Å². The monoisotopic (exact) mass is 447 g/mol. The number of likely N-dealkylation sites (tertiary alicyclic amines) is 1. The Morgan fingerprint density at radius 1 is 1.15 bits per heavy atom. The van der Waals surface area contributed by atoms with Crippen LogP contribution in [-0.4, -0.2) is 53.8 Å². The molecule has 174 valence electrons. The van der Waals surface area contributed by atoms with Crippen molar-refractivity contribution in [1.29, 1.82) is 0 Å². The molecule has 1 aromatic carbocycles. The number of para-hydroxylation sites is 1. The number of hydrogen-bond donors (Lipinski definition) is 3. The number of nitrogens with zero attached hydrogens (tertiary/aromatic N) is 2. The van der Waals surface area contributed by atoms with Gasteiger partial charge in [-0.1, -0.05) is 30.4 Å². The number of fused-ring (bicyclic) bond motifs is 6. The van der Waals surface area contributed by atoms with Gasteiger partial charge in [0.25, 0.3) is 0 Å². The summed E-state index contributed by atoms with van der Waals surface area (Å²) in [6.07, 6.45) is 8.90. The maximum Gasteiger partial charge on any atom is 0.233 e. The van der Waals surface area contributed by atoms with Gasteiger partial charge < -0.3 is 15.6 Å². The Bertz CT molecular complexity index is 1090. The van der Waals surface area contributed by atoms with Gasteiger partial charge in [0, 0.05) is 43.3 Å². The van der Waals surface area contributed by atoms with Crippen molar-refractivity contribution in [3.05, 3.63) is 47.7 Å². The predicted molar refractivity (Wildman–Crippen MR) is 130 cm³/mol. The smallest absolute Gasteiger partial charge is 0.233 e. The Morgan fingerprint density at radius 2 is 1.91 bits per heavy atom. The number of aromatic nitrogens is 1. The molecule has 1 saturated carbocycles. The van der Waals surface area contributed by atoms with E-state index in [4.69, 9.17) is 0 Å². The van der Waals surface area contributed by atoms with Crippen molar-refractivity contribution in [2.24, 2.45) is 28.7 Å². The first-order chi connectivity index (χ1) is 16.1. The van der Waals surface area contributed by atoms with Crippen molar-refractivity contribution in [1.82, 2.24) is 20.5 Å². The molecule has 3 N–H and O–H groups in total. The summed E-state index contributed by atoms with van der Waals surface area (Å²) in [4.78, 5) is 35.1. The molecule has 2 fully saturated rings. The molecule has 4 atom stereocenters. The molecule has 7 nitrogen and oxygen atoms in total. The number of imide groups is 1. The number of carbonyl (C=O) groups excluding carboxylic acids is 2. The van der Waals surface area contributed by atoms with Crippen LogP contribution in [0.4, 0.5) is 0 Å². The lowest BCUT2D eigenvalue weighted by Gasteiger charge is -2.17. The summed E-state index contributed by atoms with van der Waals surface area (Å²) in [6.45, 7) is 6.74. The van der Waals surface area contributed by atoms with Crippen molar-refractivity contribution >= 4 is 28.7 Å². The van der Waals surface area contributed by atoms with Crippen LogP contribution < -0.4 is 10.6 Å². The molecule has 1 saturated heterocycles. The summed E-state index contributed by atoms with van der Waals surface area (Å²) < 4.78 is 0. The Morgan fingerprint density at radius 3 is 2.64 bits per heavy atom. The van der Waals surface area contributed by atoms with Gasteiger partial charge in [-0.05, 0) is 56.1 Å². The van der Waals surface area contributed by atoms with Gasteiger partial charge in [-0.3, -0.25) is 19.5 Å². The number of allylic oxidation sites excluding steroid dienone is 2. The van der Waals surface area contributed by atoms with E-state index in [0.717, 1.165) is 31.9 Å². The molecule has 1 aromatic heterocycles. The fraction of sp³-hybridized carbons (Fsp3) is 0.500. The highest BCUT2D eigenvalue weighted by molar-refractivity contribution is 6.06. The van der Waals surface area contributed by atoms with Gasteiger partial charge in [0.2, 0.25) is 11.8 Å². The first-order valence-electron chi connectivity index (χ1n) is 12.2. The Hall–Kier alpha value is -3.09. The van der Waals surface area contributed by atoms with Crippen LogP contribution in [0.5, 0.6) is 0 Å². The van der Waals surface area contributed by atoms with Crippen LogP contribution >= 0.6 is 0 Å². The number of guanidine groups is 1. The summed E-state index contributed by atoms with van der Waals surface area (Å²) in [5, 5.41) is 7.96. The second kappa shape index (κ2) is 9.04. The van der Waals surface area contributed by atoms with Crippen LogP contribution in [-0.2, 0) is 16.0 Å². The van der Waals surface area contributed by atoms with E-state index in [-0.39, 0.29) is 35.5 Å². The molecule has 0 spiro atoms. The molecule has 33 heavy (non-hydrogen) atoms. The maximum atomic E-state index is 12.8. The number of carbonyl (C=O) groups is 2. The number of rotatable bonds is 8. The number of amides is 2. The minimum absolute atomic E-state index is 0.0322. The average molecular weight is 448 g/mol. The summed E-state index contributed by atoms with van der Waals surface area (Å²) >= 11 is 0. The summed E-state index contributed by atoms with van der Waals surface area (Å²) in [7, 11) is 0. The fourth-order valence-corrected chi connectivity index (χ4v) is 5.83. The second-order valence-electron chi connectivity index (χ2n) is 9.43. The van der Waals surface area contributed by atoms with Gasteiger partial charge in [0.15, 0.2) is 5.96 Å². The molecule has 7 heteroatoms. The van der Waals surface area contributed by atoms with Crippen LogP contribution in [0, 0.1) is 30.6 Å². The Labute approximate surface area is 194 Å². The van der Waals surface area contributed by atoms with Gasteiger partial charge in [0.05, 0.1) is 11.8 Å². The number of hydrogen-bond acceptors (Lipinski definition) is 3. The number of benzene rings is 1.